The minimum absolute atomic E-state index is 0.0144. The standard InChI is InChI=1S/C29H34FIN2O7/c1-3-4-9-26(36)33(16-19-7-5-6-8-21(19)30)23-14-20(29(38)32-10-11-34)15-24(27(23)37)40-28-22(31)12-18(17-35)13-25(28)39-2/h3,5-8,12-13,15,23-24,27,34-35,37H,1,4,9-11,14,16-17H2,2H3,(H,32,38)/t23-,24+,27+/m1/s1. The van der Waals surface area contributed by atoms with Gasteiger partial charge in [0.15, 0.2) is 11.5 Å². The summed E-state index contributed by atoms with van der Waals surface area (Å²) in [4.78, 5) is 27.8. The Morgan fingerprint density at radius 1 is 1.27 bits per heavy atom. The minimum atomic E-state index is -1.30. The number of ether oxygens (including phenoxy) is 2. The summed E-state index contributed by atoms with van der Waals surface area (Å²) in [5, 5.41) is 32.9. The number of methoxy groups -OCH3 is 1. The van der Waals surface area contributed by atoms with Crippen molar-refractivity contribution >= 4 is 34.4 Å². The largest absolute Gasteiger partial charge is 0.493 e. The molecule has 1 aliphatic carbocycles. The molecular formula is C29H34FIN2O7. The first-order valence-corrected chi connectivity index (χ1v) is 13.9. The quantitative estimate of drug-likeness (QED) is 0.191. The molecule has 2 aromatic carbocycles. The number of carbonyl (C=O) groups excluding carboxylic acids is 2. The van der Waals surface area contributed by atoms with Gasteiger partial charge in [-0.15, -0.1) is 6.58 Å². The molecule has 2 amide bonds. The average Bonchev–Trinajstić information content (AvgIpc) is 2.96. The fourth-order valence-electron chi connectivity index (χ4n) is 4.46. The molecule has 0 radical (unpaired) electrons. The summed E-state index contributed by atoms with van der Waals surface area (Å²) >= 11 is 2.02. The van der Waals surface area contributed by atoms with Crippen LogP contribution in [-0.4, -0.2) is 70.5 Å². The molecule has 9 nitrogen and oxygen atoms in total. The van der Waals surface area contributed by atoms with Crippen LogP contribution in [0.2, 0.25) is 0 Å². The predicted octanol–water partition coefficient (Wildman–Crippen LogP) is 2.84. The lowest BCUT2D eigenvalue weighted by atomic mass is 9.87. The maximum absolute atomic E-state index is 14.7. The lowest BCUT2D eigenvalue weighted by Crippen LogP contribution is -2.54. The van der Waals surface area contributed by atoms with Crippen molar-refractivity contribution in [2.45, 2.75) is 50.7 Å². The topological polar surface area (TPSA) is 129 Å². The fourth-order valence-corrected chi connectivity index (χ4v) is 5.26. The van der Waals surface area contributed by atoms with Crippen molar-refractivity contribution in [2.75, 3.05) is 20.3 Å². The van der Waals surface area contributed by atoms with Crippen molar-refractivity contribution in [2.24, 2.45) is 0 Å². The monoisotopic (exact) mass is 668 g/mol. The van der Waals surface area contributed by atoms with Crippen LogP contribution in [0.5, 0.6) is 11.5 Å². The smallest absolute Gasteiger partial charge is 0.247 e. The maximum Gasteiger partial charge on any atom is 0.247 e. The number of carbonyl (C=O) groups is 2. The SMILES string of the molecule is C=CCCC(=O)N(Cc1ccccc1F)[C@@H]1CC(C(=O)NCCO)=C[C@H](Oc2c(I)cc(CO)cc2OC)[C@H]1O. The molecule has 3 rings (SSSR count). The number of halogens is 2. The van der Waals surface area contributed by atoms with Gasteiger partial charge in [0.05, 0.1) is 29.9 Å². The molecule has 4 N–H and O–H groups in total. The third-order valence-corrected chi connectivity index (χ3v) is 7.32. The number of nitrogens with zero attached hydrogens (tertiary/aromatic N) is 1. The zero-order valence-corrected chi connectivity index (χ0v) is 24.3. The van der Waals surface area contributed by atoms with Gasteiger partial charge >= 0.3 is 0 Å². The van der Waals surface area contributed by atoms with Crippen molar-refractivity contribution < 1.29 is 38.8 Å². The van der Waals surface area contributed by atoms with E-state index < -0.39 is 30.0 Å². The van der Waals surface area contributed by atoms with Gasteiger partial charge < -0.3 is 35.0 Å². The van der Waals surface area contributed by atoms with E-state index in [0.717, 1.165) is 0 Å². The van der Waals surface area contributed by atoms with Crippen molar-refractivity contribution in [1.29, 1.82) is 0 Å². The Balaban J connectivity index is 2.05. The highest BCUT2D eigenvalue weighted by Crippen LogP contribution is 2.37. The third kappa shape index (κ3) is 7.80. The van der Waals surface area contributed by atoms with Gasteiger partial charge in [-0.25, -0.2) is 4.39 Å². The molecule has 40 heavy (non-hydrogen) atoms. The van der Waals surface area contributed by atoms with Crippen LogP contribution >= 0.6 is 22.6 Å². The van der Waals surface area contributed by atoms with Gasteiger partial charge in [-0.2, -0.15) is 0 Å². The van der Waals surface area contributed by atoms with Gasteiger partial charge in [0.1, 0.15) is 18.0 Å². The lowest BCUT2D eigenvalue weighted by Gasteiger charge is -2.41. The van der Waals surface area contributed by atoms with Gasteiger partial charge in [0.25, 0.3) is 0 Å². The Labute approximate surface area is 246 Å². The number of hydrogen-bond donors (Lipinski definition) is 4. The number of rotatable bonds is 13. The zero-order valence-electron chi connectivity index (χ0n) is 22.2. The number of aliphatic hydroxyl groups is 3. The van der Waals surface area contributed by atoms with Crippen LogP contribution in [0.1, 0.15) is 30.4 Å². The van der Waals surface area contributed by atoms with Crippen LogP contribution in [0, 0.1) is 9.39 Å². The molecule has 216 valence electrons. The van der Waals surface area contributed by atoms with E-state index in [0.29, 0.717) is 21.3 Å². The van der Waals surface area contributed by atoms with Crippen LogP contribution in [0.4, 0.5) is 4.39 Å². The third-order valence-electron chi connectivity index (χ3n) is 6.52. The van der Waals surface area contributed by atoms with E-state index in [4.69, 9.17) is 9.47 Å². The van der Waals surface area contributed by atoms with Gasteiger partial charge in [0, 0.05) is 37.1 Å². The average molecular weight is 669 g/mol. The molecule has 0 fully saturated rings. The van der Waals surface area contributed by atoms with E-state index in [1.165, 1.54) is 24.2 Å². The molecule has 1 aliphatic rings. The van der Waals surface area contributed by atoms with Crippen molar-refractivity contribution in [3.05, 3.63) is 81.2 Å². The molecule has 3 atom stereocenters. The lowest BCUT2D eigenvalue weighted by molar-refractivity contribution is -0.139. The van der Waals surface area contributed by atoms with Gasteiger partial charge in [-0.05, 0) is 58.9 Å². The molecule has 0 saturated carbocycles. The molecule has 0 aromatic heterocycles. The molecular weight excluding hydrogens is 634 g/mol. The number of aliphatic hydroxyl groups excluding tert-OH is 3. The Hall–Kier alpha value is -3.00. The fraction of sp³-hybridized carbons (Fsp3) is 0.379. The molecule has 0 spiro atoms. The van der Waals surface area contributed by atoms with E-state index in [-0.39, 0.29) is 61.9 Å². The Morgan fingerprint density at radius 2 is 2.02 bits per heavy atom. The van der Waals surface area contributed by atoms with Crippen LogP contribution in [0.25, 0.3) is 0 Å². The summed E-state index contributed by atoms with van der Waals surface area (Å²) < 4.78 is 26.9. The molecule has 0 heterocycles. The highest BCUT2D eigenvalue weighted by molar-refractivity contribution is 14.1. The van der Waals surface area contributed by atoms with Crippen molar-refractivity contribution in [1.82, 2.24) is 10.2 Å². The minimum Gasteiger partial charge on any atom is -0.493 e. The van der Waals surface area contributed by atoms with E-state index >= 15 is 0 Å². The normalized spacial score (nSPS) is 18.4. The highest BCUT2D eigenvalue weighted by Gasteiger charge is 2.41. The van der Waals surface area contributed by atoms with E-state index in [2.05, 4.69) is 11.9 Å². The van der Waals surface area contributed by atoms with Crippen LogP contribution in [0.3, 0.4) is 0 Å². The second-order valence-electron chi connectivity index (χ2n) is 9.22. The Morgan fingerprint density at radius 3 is 2.67 bits per heavy atom. The van der Waals surface area contributed by atoms with E-state index in [9.17, 15) is 29.3 Å². The van der Waals surface area contributed by atoms with Gasteiger partial charge in [-0.1, -0.05) is 24.3 Å². The first-order valence-electron chi connectivity index (χ1n) is 12.8. The second kappa shape index (κ2) is 15.1. The van der Waals surface area contributed by atoms with Crippen molar-refractivity contribution in [3.8, 4) is 11.5 Å². The summed E-state index contributed by atoms with van der Waals surface area (Å²) in [7, 11) is 1.44. The van der Waals surface area contributed by atoms with Gasteiger partial charge in [-0.3, -0.25) is 9.59 Å². The summed E-state index contributed by atoms with van der Waals surface area (Å²) in [5.41, 5.74) is 1.10. The van der Waals surface area contributed by atoms with Crippen LogP contribution in [-0.2, 0) is 22.7 Å². The molecule has 0 saturated heterocycles. The van der Waals surface area contributed by atoms with Crippen molar-refractivity contribution in [3.63, 3.8) is 0 Å². The zero-order chi connectivity index (χ0) is 29.2. The van der Waals surface area contributed by atoms with Crippen LogP contribution < -0.4 is 14.8 Å². The first kappa shape index (κ1) is 31.5. The Bertz CT molecular complexity index is 1240. The number of allylic oxidation sites excluding steroid dienone is 1. The Kier molecular flexibility index (Phi) is 11.9. The second-order valence-corrected chi connectivity index (χ2v) is 10.4. The summed E-state index contributed by atoms with van der Waals surface area (Å²) in [5.74, 6) is -0.726. The van der Waals surface area contributed by atoms with Crippen LogP contribution in [0.15, 0.2) is 60.7 Å². The number of amides is 2. The predicted molar refractivity (Wildman–Crippen MR) is 155 cm³/mol. The number of benzene rings is 2. The maximum atomic E-state index is 14.7. The number of nitrogens with one attached hydrogen (secondary N) is 1. The summed E-state index contributed by atoms with van der Waals surface area (Å²) in [6.45, 7) is 3.07. The molecule has 2 aromatic rings. The molecule has 0 bridgehead atoms. The van der Waals surface area contributed by atoms with E-state index in [1.54, 1.807) is 36.4 Å². The number of hydrogen-bond acceptors (Lipinski definition) is 7. The molecule has 11 heteroatoms. The summed E-state index contributed by atoms with van der Waals surface area (Å²) in [6, 6.07) is 8.42. The van der Waals surface area contributed by atoms with Gasteiger partial charge in [0.2, 0.25) is 11.8 Å². The molecule has 0 unspecified atom stereocenters. The first-order chi connectivity index (χ1) is 19.2. The van der Waals surface area contributed by atoms with E-state index in [1.807, 2.05) is 22.6 Å². The highest BCUT2D eigenvalue weighted by atomic mass is 127. The summed E-state index contributed by atoms with van der Waals surface area (Å²) in [6.07, 6.45) is 1.13. The molecule has 0 aliphatic heterocycles.